The topological polar surface area (TPSA) is 49.4 Å². The second-order valence-electron chi connectivity index (χ2n) is 4.37. The minimum Gasteiger partial charge on any atom is -0.347 e. The van der Waals surface area contributed by atoms with Crippen LogP contribution in [-0.4, -0.2) is 36.3 Å². The Hall–Kier alpha value is -2.05. The molecule has 0 spiro atoms. The summed E-state index contributed by atoms with van der Waals surface area (Å²) in [7, 11) is 1.58. The number of hydrogen-bond acceptors (Lipinski definition) is 2. The molecule has 2 rings (SSSR count). The van der Waals surface area contributed by atoms with Gasteiger partial charge in [-0.15, -0.1) is 0 Å². The molecular weight excluding hydrogens is 261 g/mol. The molecule has 1 heterocycles. The van der Waals surface area contributed by atoms with Gasteiger partial charge >= 0.3 is 0 Å². The van der Waals surface area contributed by atoms with Crippen LogP contribution in [0.15, 0.2) is 12.1 Å². The average molecular weight is 272 g/mol. The summed E-state index contributed by atoms with van der Waals surface area (Å²) in [6, 6.07) is 1.08. The average Bonchev–Trinajstić information content (AvgIpc) is 2.65. The molecule has 1 atom stereocenters. The van der Waals surface area contributed by atoms with E-state index in [0.29, 0.717) is 12.6 Å². The van der Waals surface area contributed by atoms with E-state index in [0.717, 1.165) is 6.07 Å². The highest BCUT2D eigenvalue weighted by Gasteiger charge is 2.29. The minimum absolute atomic E-state index is 0.105. The van der Waals surface area contributed by atoms with Crippen molar-refractivity contribution in [3.8, 4) is 0 Å². The first-order chi connectivity index (χ1) is 8.90. The van der Waals surface area contributed by atoms with Crippen LogP contribution in [0.25, 0.3) is 0 Å². The Balaban J connectivity index is 2.13. The zero-order valence-electron chi connectivity index (χ0n) is 10.0. The van der Waals surface area contributed by atoms with Crippen LogP contribution in [0.2, 0.25) is 0 Å². The van der Waals surface area contributed by atoms with E-state index in [1.165, 1.54) is 4.90 Å². The molecule has 0 saturated carbocycles. The van der Waals surface area contributed by atoms with Gasteiger partial charge in [-0.3, -0.25) is 9.59 Å². The van der Waals surface area contributed by atoms with Gasteiger partial charge in [0.2, 0.25) is 5.91 Å². The molecule has 0 bridgehead atoms. The number of nitrogens with zero attached hydrogens (tertiary/aromatic N) is 1. The molecule has 7 heteroatoms. The quantitative estimate of drug-likeness (QED) is 0.819. The molecule has 2 amide bonds. The SMILES string of the molecule is CN1CC(NC(=O)c2ccc(F)c(F)c2F)CC1=O. The number of carbonyl (C=O) groups is 2. The fourth-order valence-electron chi connectivity index (χ4n) is 1.92. The molecule has 0 aromatic heterocycles. The normalized spacial score (nSPS) is 18.8. The van der Waals surface area contributed by atoms with Crippen molar-refractivity contribution in [1.29, 1.82) is 0 Å². The van der Waals surface area contributed by atoms with Gasteiger partial charge in [-0.2, -0.15) is 0 Å². The van der Waals surface area contributed by atoms with Crippen molar-refractivity contribution in [3.05, 3.63) is 35.1 Å². The van der Waals surface area contributed by atoms with Crippen molar-refractivity contribution < 1.29 is 22.8 Å². The summed E-state index contributed by atoms with van der Waals surface area (Å²) in [6.07, 6.45) is 0.105. The van der Waals surface area contributed by atoms with E-state index in [1.807, 2.05) is 0 Å². The Morgan fingerprint density at radius 3 is 2.58 bits per heavy atom. The molecule has 1 N–H and O–H groups in total. The summed E-state index contributed by atoms with van der Waals surface area (Å²) in [4.78, 5) is 24.4. The van der Waals surface area contributed by atoms with Gasteiger partial charge in [0.15, 0.2) is 17.5 Å². The molecule has 4 nitrogen and oxygen atoms in total. The number of hydrogen-bond donors (Lipinski definition) is 1. The van der Waals surface area contributed by atoms with Crippen molar-refractivity contribution in [3.63, 3.8) is 0 Å². The Morgan fingerprint density at radius 1 is 1.32 bits per heavy atom. The number of rotatable bonds is 2. The second-order valence-corrected chi connectivity index (χ2v) is 4.37. The highest BCUT2D eigenvalue weighted by Crippen LogP contribution is 2.16. The molecule has 1 fully saturated rings. The number of halogens is 3. The summed E-state index contributed by atoms with van der Waals surface area (Å²) in [5.41, 5.74) is -0.582. The van der Waals surface area contributed by atoms with Crippen LogP contribution in [0.4, 0.5) is 13.2 Å². The summed E-state index contributed by atoms with van der Waals surface area (Å²) in [6.45, 7) is 0.301. The summed E-state index contributed by atoms with van der Waals surface area (Å²) >= 11 is 0. The standard InChI is InChI=1S/C12H11F3N2O2/c1-17-5-6(4-9(17)18)16-12(19)7-2-3-8(13)11(15)10(7)14/h2-3,6H,4-5H2,1H3,(H,16,19). The zero-order chi connectivity index (χ0) is 14.2. The van der Waals surface area contributed by atoms with Crippen molar-refractivity contribution in [2.45, 2.75) is 12.5 Å². The van der Waals surface area contributed by atoms with Crippen molar-refractivity contribution in [2.24, 2.45) is 0 Å². The third-order valence-corrected chi connectivity index (χ3v) is 2.96. The third kappa shape index (κ3) is 2.54. The highest BCUT2D eigenvalue weighted by atomic mass is 19.2. The summed E-state index contributed by atoms with van der Waals surface area (Å²) in [5, 5.41) is 2.41. The van der Waals surface area contributed by atoms with E-state index >= 15 is 0 Å². The molecule has 0 radical (unpaired) electrons. The number of amides is 2. The Morgan fingerprint density at radius 2 is 2.00 bits per heavy atom. The summed E-state index contributed by atoms with van der Waals surface area (Å²) in [5.74, 6) is -5.59. The van der Waals surface area contributed by atoms with Gasteiger partial charge in [0, 0.05) is 20.0 Å². The molecule has 1 aliphatic rings. The third-order valence-electron chi connectivity index (χ3n) is 2.96. The lowest BCUT2D eigenvalue weighted by molar-refractivity contribution is -0.126. The van der Waals surface area contributed by atoms with Crippen LogP contribution in [0.5, 0.6) is 0 Å². The van der Waals surface area contributed by atoms with Gasteiger partial charge in [-0.25, -0.2) is 13.2 Å². The van der Waals surface area contributed by atoms with E-state index < -0.39 is 35.0 Å². The first kappa shape index (κ1) is 13.4. The maximum atomic E-state index is 13.4. The van der Waals surface area contributed by atoms with Gasteiger partial charge in [-0.05, 0) is 12.1 Å². The molecule has 1 aromatic rings. The predicted molar refractivity (Wildman–Crippen MR) is 59.8 cm³/mol. The lowest BCUT2D eigenvalue weighted by Crippen LogP contribution is -2.37. The monoisotopic (exact) mass is 272 g/mol. The van der Waals surface area contributed by atoms with Crippen LogP contribution in [-0.2, 0) is 4.79 Å². The first-order valence-corrected chi connectivity index (χ1v) is 5.58. The van der Waals surface area contributed by atoms with Crippen LogP contribution in [0, 0.1) is 17.5 Å². The molecular formula is C12H11F3N2O2. The lowest BCUT2D eigenvalue weighted by atomic mass is 10.1. The number of likely N-dealkylation sites (N-methyl/N-ethyl adjacent to an activating group) is 1. The Labute approximate surface area is 107 Å². The van der Waals surface area contributed by atoms with Gasteiger partial charge < -0.3 is 10.2 Å². The minimum atomic E-state index is -1.69. The fraction of sp³-hybridized carbons (Fsp3) is 0.333. The second kappa shape index (κ2) is 4.91. The lowest BCUT2D eigenvalue weighted by Gasteiger charge is -2.13. The van der Waals surface area contributed by atoms with Crippen LogP contribution < -0.4 is 5.32 Å². The molecule has 19 heavy (non-hydrogen) atoms. The van der Waals surface area contributed by atoms with E-state index in [9.17, 15) is 22.8 Å². The number of carbonyl (C=O) groups excluding carboxylic acids is 2. The summed E-state index contributed by atoms with van der Waals surface area (Å²) < 4.78 is 39.1. The van der Waals surface area contributed by atoms with Crippen LogP contribution >= 0.6 is 0 Å². The Kier molecular flexibility index (Phi) is 3.46. The van der Waals surface area contributed by atoms with E-state index in [1.54, 1.807) is 7.05 Å². The predicted octanol–water partition coefficient (Wildman–Crippen LogP) is 1.06. The van der Waals surface area contributed by atoms with Gasteiger partial charge in [0.25, 0.3) is 5.91 Å². The largest absolute Gasteiger partial charge is 0.347 e. The van der Waals surface area contributed by atoms with E-state index in [2.05, 4.69) is 5.32 Å². The molecule has 102 valence electrons. The van der Waals surface area contributed by atoms with Crippen molar-refractivity contribution in [1.82, 2.24) is 10.2 Å². The Bertz CT molecular complexity index is 548. The van der Waals surface area contributed by atoms with Crippen molar-refractivity contribution in [2.75, 3.05) is 13.6 Å². The van der Waals surface area contributed by atoms with E-state index in [4.69, 9.17) is 0 Å². The smallest absolute Gasteiger partial charge is 0.254 e. The highest BCUT2D eigenvalue weighted by molar-refractivity contribution is 5.95. The number of nitrogens with one attached hydrogen (secondary N) is 1. The fourth-order valence-corrected chi connectivity index (χ4v) is 1.92. The number of benzene rings is 1. The van der Waals surface area contributed by atoms with Crippen molar-refractivity contribution >= 4 is 11.8 Å². The zero-order valence-corrected chi connectivity index (χ0v) is 10.0. The van der Waals surface area contributed by atoms with Gasteiger partial charge in [0.05, 0.1) is 11.6 Å². The maximum Gasteiger partial charge on any atom is 0.254 e. The van der Waals surface area contributed by atoms with Gasteiger partial charge in [-0.1, -0.05) is 0 Å². The molecule has 1 unspecified atom stereocenters. The molecule has 1 aromatic carbocycles. The maximum absolute atomic E-state index is 13.4. The first-order valence-electron chi connectivity index (χ1n) is 5.58. The van der Waals surface area contributed by atoms with Crippen LogP contribution in [0.1, 0.15) is 16.8 Å². The molecule has 1 aliphatic heterocycles. The molecule has 1 saturated heterocycles. The molecule has 0 aliphatic carbocycles. The van der Waals surface area contributed by atoms with Gasteiger partial charge in [0.1, 0.15) is 0 Å². The number of likely N-dealkylation sites (tertiary alicyclic amines) is 1. The van der Waals surface area contributed by atoms with Crippen LogP contribution in [0.3, 0.4) is 0 Å². The van der Waals surface area contributed by atoms with E-state index in [-0.39, 0.29) is 12.3 Å².